The standard InChI is InChI=1S/C12H18N2O4/c1-8-9(7-18-13-8)5-10(15)14(4)12(2,3)6-11(16)17/h7H,5-6H2,1-4H3,(H,16,17). The number of hydrogen-bond acceptors (Lipinski definition) is 4. The summed E-state index contributed by atoms with van der Waals surface area (Å²) in [6.07, 6.45) is 1.50. The SMILES string of the molecule is Cc1nocc1CC(=O)N(C)C(C)(C)CC(=O)O. The Morgan fingerprint density at radius 3 is 2.56 bits per heavy atom. The van der Waals surface area contributed by atoms with Gasteiger partial charge in [0.05, 0.1) is 18.5 Å². The molecular weight excluding hydrogens is 236 g/mol. The maximum atomic E-state index is 12.1. The minimum atomic E-state index is -0.930. The summed E-state index contributed by atoms with van der Waals surface area (Å²) in [5.41, 5.74) is 0.666. The second-order valence-electron chi connectivity index (χ2n) is 4.94. The lowest BCUT2D eigenvalue weighted by molar-refractivity contribution is -0.142. The Hall–Kier alpha value is -1.85. The Bertz CT molecular complexity index is 451. The van der Waals surface area contributed by atoms with E-state index < -0.39 is 11.5 Å². The summed E-state index contributed by atoms with van der Waals surface area (Å²) in [7, 11) is 1.61. The summed E-state index contributed by atoms with van der Waals surface area (Å²) < 4.78 is 4.76. The zero-order valence-corrected chi connectivity index (χ0v) is 11.1. The highest BCUT2D eigenvalue weighted by molar-refractivity contribution is 5.80. The van der Waals surface area contributed by atoms with Gasteiger partial charge < -0.3 is 14.5 Å². The third kappa shape index (κ3) is 3.32. The van der Waals surface area contributed by atoms with Gasteiger partial charge >= 0.3 is 5.97 Å². The highest BCUT2D eigenvalue weighted by Gasteiger charge is 2.30. The molecule has 0 unspecified atom stereocenters. The average molecular weight is 254 g/mol. The third-order valence-electron chi connectivity index (χ3n) is 3.06. The number of hydrogen-bond donors (Lipinski definition) is 1. The third-order valence-corrected chi connectivity index (χ3v) is 3.06. The van der Waals surface area contributed by atoms with Gasteiger partial charge in [-0.25, -0.2) is 0 Å². The highest BCUT2D eigenvalue weighted by Crippen LogP contribution is 2.19. The second kappa shape index (κ2) is 5.20. The molecule has 0 aliphatic rings. The summed E-state index contributed by atoms with van der Waals surface area (Å²) in [5, 5.41) is 12.5. The molecule has 0 atom stereocenters. The van der Waals surface area contributed by atoms with E-state index in [0.717, 1.165) is 5.56 Å². The number of amides is 1. The molecule has 1 rings (SSSR count). The number of aromatic nitrogens is 1. The van der Waals surface area contributed by atoms with E-state index in [-0.39, 0.29) is 18.7 Å². The van der Waals surface area contributed by atoms with Crippen LogP contribution >= 0.6 is 0 Å². The quantitative estimate of drug-likeness (QED) is 0.854. The number of carboxylic acids is 1. The number of rotatable bonds is 5. The summed E-state index contributed by atoms with van der Waals surface area (Å²) in [6, 6.07) is 0. The van der Waals surface area contributed by atoms with Crippen molar-refractivity contribution >= 4 is 11.9 Å². The Kier molecular flexibility index (Phi) is 4.11. The first-order valence-corrected chi connectivity index (χ1v) is 5.62. The van der Waals surface area contributed by atoms with Crippen molar-refractivity contribution in [3.05, 3.63) is 17.5 Å². The predicted octanol–water partition coefficient (Wildman–Crippen LogP) is 1.24. The minimum Gasteiger partial charge on any atom is -0.481 e. The molecule has 0 aliphatic heterocycles. The molecule has 1 aromatic rings. The molecule has 0 saturated carbocycles. The number of aliphatic carboxylic acids is 1. The van der Waals surface area contributed by atoms with Crippen molar-refractivity contribution < 1.29 is 19.2 Å². The smallest absolute Gasteiger partial charge is 0.305 e. The van der Waals surface area contributed by atoms with Crippen LogP contribution in [0.25, 0.3) is 0 Å². The van der Waals surface area contributed by atoms with Crippen LogP contribution in [0.3, 0.4) is 0 Å². The van der Waals surface area contributed by atoms with Crippen LogP contribution in [0.4, 0.5) is 0 Å². The molecule has 0 fully saturated rings. The van der Waals surface area contributed by atoms with Crippen LogP contribution in [0.15, 0.2) is 10.8 Å². The number of carbonyl (C=O) groups excluding carboxylic acids is 1. The van der Waals surface area contributed by atoms with E-state index in [4.69, 9.17) is 9.63 Å². The molecule has 6 nitrogen and oxygen atoms in total. The van der Waals surface area contributed by atoms with Gasteiger partial charge in [-0.05, 0) is 20.8 Å². The normalized spacial score (nSPS) is 11.3. The van der Waals surface area contributed by atoms with Gasteiger partial charge in [0.25, 0.3) is 0 Å². The van der Waals surface area contributed by atoms with E-state index in [1.807, 2.05) is 0 Å². The van der Waals surface area contributed by atoms with Crippen LogP contribution in [0.1, 0.15) is 31.5 Å². The first-order valence-electron chi connectivity index (χ1n) is 5.62. The van der Waals surface area contributed by atoms with Crippen molar-refractivity contribution in [2.45, 2.75) is 39.2 Å². The molecule has 100 valence electrons. The Labute approximate surface area is 106 Å². The number of carboxylic acid groups (broad SMARTS) is 1. The molecule has 0 radical (unpaired) electrons. The largest absolute Gasteiger partial charge is 0.481 e. The lowest BCUT2D eigenvalue weighted by Crippen LogP contribution is -2.47. The lowest BCUT2D eigenvalue weighted by atomic mass is 9.98. The van der Waals surface area contributed by atoms with Gasteiger partial charge in [-0.1, -0.05) is 5.16 Å². The second-order valence-corrected chi connectivity index (χ2v) is 4.94. The van der Waals surface area contributed by atoms with E-state index in [9.17, 15) is 9.59 Å². The molecule has 0 bridgehead atoms. The molecule has 0 spiro atoms. The topological polar surface area (TPSA) is 83.6 Å². The van der Waals surface area contributed by atoms with Crippen LogP contribution in [-0.4, -0.2) is 39.6 Å². The summed E-state index contributed by atoms with van der Waals surface area (Å²) in [5.74, 6) is -1.09. The molecule has 6 heteroatoms. The van der Waals surface area contributed by atoms with Crippen LogP contribution in [-0.2, 0) is 16.0 Å². The summed E-state index contributed by atoms with van der Waals surface area (Å²) in [4.78, 5) is 24.3. The van der Waals surface area contributed by atoms with Gasteiger partial charge in [-0.15, -0.1) is 0 Å². The number of likely N-dealkylation sites (N-methyl/N-ethyl adjacent to an activating group) is 1. The van der Waals surface area contributed by atoms with E-state index in [0.29, 0.717) is 5.69 Å². The fourth-order valence-corrected chi connectivity index (χ4v) is 1.59. The van der Waals surface area contributed by atoms with Crippen LogP contribution in [0.5, 0.6) is 0 Å². The van der Waals surface area contributed by atoms with Gasteiger partial charge in [-0.3, -0.25) is 9.59 Å². The summed E-state index contributed by atoms with van der Waals surface area (Å²) in [6.45, 7) is 5.20. The van der Waals surface area contributed by atoms with Gasteiger partial charge in [0.2, 0.25) is 5.91 Å². The van der Waals surface area contributed by atoms with Crippen molar-refractivity contribution in [1.29, 1.82) is 0 Å². The Morgan fingerprint density at radius 1 is 1.50 bits per heavy atom. The zero-order chi connectivity index (χ0) is 13.9. The summed E-state index contributed by atoms with van der Waals surface area (Å²) >= 11 is 0. The lowest BCUT2D eigenvalue weighted by Gasteiger charge is -2.34. The van der Waals surface area contributed by atoms with E-state index in [2.05, 4.69) is 5.16 Å². The van der Waals surface area contributed by atoms with Crippen molar-refractivity contribution in [2.24, 2.45) is 0 Å². The van der Waals surface area contributed by atoms with Crippen molar-refractivity contribution in [1.82, 2.24) is 10.1 Å². The number of nitrogens with zero attached hydrogens (tertiary/aromatic N) is 2. The molecular formula is C12H18N2O4. The fourth-order valence-electron chi connectivity index (χ4n) is 1.59. The first kappa shape index (κ1) is 14.2. The van der Waals surface area contributed by atoms with Gasteiger partial charge in [0, 0.05) is 18.2 Å². The molecule has 1 aromatic heterocycles. The van der Waals surface area contributed by atoms with Crippen LogP contribution in [0, 0.1) is 6.92 Å². The maximum Gasteiger partial charge on any atom is 0.305 e. The fraction of sp³-hybridized carbons (Fsp3) is 0.583. The first-order chi connectivity index (χ1) is 8.24. The Morgan fingerprint density at radius 2 is 2.11 bits per heavy atom. The van der Waals surface area contributed by atoms with Gasteiger partial charge in [0.1, 0.15) is 6.26 Å². The van der Waals surface area contributed by atoms with Crippen LogP contribution in [0.2, 0.25) is 0 Å². The van der Waals surface area contributed by atoms with Crippen molar-refractivity contribution in [3.8, 4) is 0 Å². The van der Waals surface area contributed by atoms with Gasteiger partial charge in [-0.2, -0.15) is 0 Å². The monoisotopic (exact) mass is 254 g/mol. The highest BCUT2D eigenvalue weighted by atomic mass is 16.5. The van der Waals surface area contributed by atoms with Crippen molar-refractivity contribution in [3.63, 3.8) is 0 Å². The van der Waals surface area contributed by atoms with E-state index in [1.165, 1.54) is 11.2 Å². The van der Waals surface area contributed by atoms with Crippen molar-refractivity contribution in [2.75, 3.05) is 7.05 Å². The predicted molar refractivity (Wildman–Crippen MR) is 64.0 cm³/mol. The van der Waals surface area contributed by atoms with E-state index in [1.54, 1.807) is 27.8 Å². The minimum absolute atomic E-state index is 0.0993. The molecule has 0 aromatic carbocycles. The van der Waals surface area contributed by atoms with Crippen LogP contribution < -0.4 is 0 Å². The number of carbonyl (C=O) groups is 2. The molecule has 18 heavy (non-hydrogen) atoms. The molecule has 1 N–H and O–H groups in total. The molecule has 0 saturated heterocycles. The zero-order valence-electron chi connectivity index (χ0n) is 11.1. The Balaban J connectivity index is 2.72. The molecule has 1 amide bonds. The molecule has 1 heterocycles. The molecule has 0 aliphatic carbocycles. The van der Waals surface area contributed by atoms with Gasteiger partial charge in [0.15, 0.2) is 0 Å². The number of aryl methyl sites for hydroxylation is 1. The van der Waals surface area contributed by atoms with E-state index >= 15 is 0 Å². The average Bonchev–Trinajstić information content (AvgIpc) is 2.61. The maximum absolute atomic E-state index is 12.1.